The van der Waals surface area contributed by atoms with Gasteiger partial charge in [-0.05, 0) is 12.0 Å². The topological polar surface area (TPSA) is 133 Å². The summed E-state index contributed by atoms with van der Waals surface area (Å²) in [5.74, 6) is -0.321. The van der Waals surface area contributed by atoms with Gasteiger partial charge in [-0.25, -0.2) is 0 Å². The van der Waals surface area contributed by atoms with Crippen molar-refractivity contribution in [1.29, 1.82) is 0 Å². The second-order valence-electron chi connectivity index (χ2n) is 5.83. The van der Waals surface area contributed by atoms with Crippen LogP contribution in [0.4, 0.5) is 0 Å². The summed E-state index contributed by atoms with van der Waals surface area (Å²) in [7, 11) is 0. The highest BCUT2D eigenvalue weighted by Gasteiger charge is 2.44. The van der Waals surface area contributed by atoms with E-state index in [4.69, 9.17) is 15.6 Å². The smallest absolute Gasteiger partial charge is 0.152 e. The highest BCUT2D eigenvalue weighted by Crippen LogP contribution is 2.23. The molecule has 2 rings (SSSR count). The summed E-state index contributed by atoms with van der Waals surface area (Å²) in [5, 5.41) is 38.5. The fourth-order valence-corrected chi connectivity index (χ4v) is 2.68. The van der Waals surface area contributed by atoms with E-state index in [0.717, 1.165) is 5.56 Å². The molecule has 6 atom stereocenters. The maximum atomic E-state index is 12.2. The number of hydrogen-bond acceptors (Lipinski definition) is 7. The molecule has 1 saturated heterocycles. The minimum atomic E-state index is -1.48. The average Bonchev–Trinajstić information content (AvgIpc) is 2.56. The van der Waals surface area contributed by atoms with E-state index in [1.54, 1.807) is 0 Å². The fourth-order valence-electron chi connectivity index (χ4n) is 2.68. The van der Waals surface area contributed by atoms with Crippen molar-refractivity contribution in [2.45, 2.75) is 49.4 Å². The molecular formula is C16H23NO6. The van der Waals surface area contributed by atoms with Gasteiger partial charge < -0.3 is 30.9 Å². The second-order valence-corrected chi connectivity index (χ2v) is 5.83. The molecule has 7 nitrogen and oxygen atoms in total. The number of aliphatic hydroxyl groups excluding tert-OH is 4. The molecule has 0 bridgehead atoms. The maximum Gasteiger partial charge on any atom is 0.152 e. The first-order chi connectivity index (χ1) is 10.9. The van der Waals surface area contributed by atoms with Gasteiger partial charge in [0.25, 0.3) is 0 Å². The zero-order valence-electron chi connectivity index (χ0n) is 12.7. The van der Waals surface area contributed by atoms with Gasteiger partial charge in [0.1, 0.15) is 24.4 Å². The number of rotatable bonds is 6. The van der Waals surface area contributed by atoms with E-state index >= 15 is 0 Å². The number of carbonyl (C=O) groups is 1. The third-order valence-electron chi connectivity index (χ3n) is 4.11. The van der Waals surface area contributed by atoms with Crippen molar-refractivity contribution < 1.29 is 30.0 Å². The highest BCUT2D eigenvalue weighted by atomic mass is 16.5. The lowest BCUT2D eigenvalue weighted by molar-refractivity contribution is -0.229. The molecule has 0 amide bonds. The van der Waals surface area contributed by atoms with Crippen LogP contribution >= 0.6 is 0 Å². The van der Waals surface area contributed by atoms with Gasteiger partial charge in [-0.3, -0.25) is 4.79 Å². The molecule has 0 unspecified atom stereocenters. The summed E-state index contributed by atoms with van der Waals surface area (Å²) < 4.78 is 5.32. The van der Waals surface area contributed by atoms with Crippen molar-refractivity contribution >= 4 is 5.78 Å². The Hall–Kier alpha value is -1.35. The van der Waals surface area contributed by atoms with Crippen LogP contribution in [0.2, 0.25) is 0 Å². The molecule has 6 N–H and O–H groups in total. The van der Waals surface area contributed by atoms with Gasteiger partial charge in [0.05, 0.1) is 18.8 Å². The zero-order chi connectivity index (χ0) is 17.0. The molecule has 1 aromatic carbocycles. The minimum Gasteiger partial charge on any atom is -0.394 e. The van der Waals surface area contributed by atoms with E-state index in [2.05, 4.69) is 0 Å². The predicted octanol–water partition coefficient (Wildman–Crippen LogP) is -1.64. The van der Waals surface area contributed by atoms with Crippen LogP contribution in [0.5, 0.6) is 0 Å². The summed E-state index contributed by atoms with van der Waals surface area (Å²) in [6.07, 6.45) is -6.20. The van der Waals surface area contributed by atoms with Crippen LogP contribution in [-0.2, 0) is 16.0 Å². The van der Waals surface area contributed by atoms with E-state index in [1.165, 1.54) is 0 Å². The third-order valence-corrected chi connectivity index (χ3v) is 4.11. The van der Waals surface area contributed by atoms with E-state index in [0.29, 0.717) is 6.42 Å². The lowest BCUT2D eigenvalue weighted by atomic mass is 9.90. The lowest BCUT2D eigenvalue weighted by Crippen LogP contribution is -2.59. The van der Waals surface area contributed by atoms with E-state index in [-0.39, 0.29) is 12.2 Å². The molecule has 0 spiro atoms. The largest absolute Gasteiger partial charge is 0.394 e. The second kappa shape index (κ2) is 7.96. The number of carbonyl (C=O) groups excluding carboxylic acids is 1. The van der Waals surface area contributed by atoms with Gasteiger partial charge in [-0.1, -0.05) is 30.3 Å². The molecular weight excluding hydrogens is 302 g/mol. The van der Waals surface area contributed by atoms with Crippen LogP contribution in [0.25, 0.3) is 0 Å². The summed E-state index contributed by atoms with van der Waals surface area (Å²) in [6.45, 7) is -0.522. The first-order valence-electron chi connectivity index (χ1n) is 7.56. The number of ether oxygens (including phenoxy) is 1. The van der Waals surface area contributed by atoms with Crippen molar-refractivity contribution in [3.63, 3.8) is 0 Å². The average molecular weight is 325 g/mol. The van der Waals surface area contributed by atoms with Crippen LogP contribution in [-0.4, -0.2) is 69.4 Å². The Bertz CT molecular complexity index is 509. The van der Waals surface area contributed by atoms with Gasteiger partial charge in [0.15, 0.2) is 5.78 Å². The third kappa shape index (κ3) is 4.35. The predicted molar refractivity (Wildman–Crippen MR) is 81.5 cm³/mol. The number of Topliss-reactive ketones (excluding diaryl/α,β-unsaturated/α-hetero) is 1. The molecule has 0 radical (unpaired) electrons. The Labute approximate surface area is 134 Å². The fraction of sp³-hybridized carbons (Fsp3) is 0.562. The number of aliphatic hydroxyl groups is 4. The maximum absolute atomic E-state index is 12.2. The first kappa shape index (κ1) is 18.0. The van der Waals surface area contributed by atoms with Crippen LogP contribution in [0, 0.1) is 0 Å². The molecule has 1 heterocycles. The summed E-state index contributed by atoms with van der Waals surface area (Å²) >= 11 is 0. The van der Waals surface area contributed by atoms with Crippen molar-refractivity contribution in [3.8, 4) is 0 Å². The van der Waals surface area contributed by atoms with Crippen molar-refractivity contribution in [1.82, 2.24) is 0 Å². The van der Waals surface area contributed by atoms with E-state index in [9.17, 15) is 20.1 Å². The van der Waals surface area contributed by atoms with E-state index in [1.807, 2.05) is 30.3 Å². The van der Waals surface area contributed by atoms with Gasteiger partial charge >= 0.3 is 0 Å². The van der Waals surface area contributed by atoms with Gasteiger partial charge in [0.2, 0.25) is 0 Å². The highest BCUT2D eigenvalue weighted by molar-refractivity contribution is 5.84. The molecule has 7 heteroatoms. The summed E-state index contributed by atoms with van der Waals surface area (Å²) in [4.78, 5) is 12.2. The van der Waals surface area contributed by atoms with Crippen molar-refractivity contribution in [3.05, 3.63) is 35.9 Å². The normalized spacial score (nSPS) is 32.5. The lowest BCUT2D eigenvalue weighted by Gasteiger charge is -2.40. The quantitative estimate of drug-likeness (QED) is 0.423. The molecule has 0 aromatic heterocycles. The van der Waals surface area contributed by atoms with E-state index < -0.39 is 43.2 Å². The van der Waals surface area contributed by atoms with Crippen LogP contribution in [0.15, 0.2) is 30.3 Å². The van der Waals surface area contributed by atoms with Crippen molar-refractivity contribution in [2.24, 2.45) is 5.73 Å². The minimum absolute atomic E-state index is 0.199. The molecule has 23 heavy (non-hydrogen) atoms. The Kier molecular flexibility index (Phi) is 6.23. The van der Waals surface area contributed by atoms with Crippen LogP contribution in [0.3, 0.4) is 0 Å². The van der Waals surface area contributed by atoms with Crippen LogP contribution < -0.4 is 5.73 Å². The Morgan fingerprint density at radius 2 is 1.70 bits per heavy atom. The first-order valence-corrected chi connectivity index (χ1v) is 7.56. The molecule has 1 aliphatic rings. The van der Waals surface area contributed by atoms with Crippen molar-refractivity contribution in [2.75, 3.05) is 6.61 Å². The number of benzene rings is 1. The molecule has 0 saturated carbocycles. The molecule has 0 aliphatic carbocycles. The number of ketones is 1. The Morgan fingerprint density at radius 1 is 1.09 bits per heavy atom. The molecule has 1 aromatic rings. The Morgan fingerprint density at radius 3 is 2.30 bits per heavy atom. The molecule has 128 valence electrons. The molecule has 1 fully saturated rings. The molecule has 1 aliphatic heterocycles. The number of nitrogens with two attached hydrogens (primary N) is 1. The Balaban J connectivity index is 1.95. The zero-order valence-corrected chi connectivity index (χ0v) is 12.7. The van der Waals surface area contributed by atoms with Gasteiger partial charge in [-0.2, -0.15) is 0 Å². The summed E-state index contributed by atoms with van der Waals surface area (Å²) in [5.41, 5.74) is 6.81. The monoisotopic (exact) mass is 325 g/mol. The van der Waals surface area contributed by atoms with Gasteiger partial charge in [0, 0.05) is 6.42 Å². The SMILES string of the molecule is N[C@@H](Cc1ccccc1)C(=O)C[C@@H]1O[C@H](CO)[C@@H](O)[C@H](O)[C@H]1O. The van der Waals surface area contributed by atoms with Gasteiger partial charge in [-0.15, -0.1) is 0 Å². The van der Waals surface area contributed by atoms with Crippen LogP contribution in [0.1, 0.15) is 12.0 Å². The summed E-state index contributed by atoms with van der Waals surface area (Å²) in [6, 6.07) is 8.53. The number of hydrogen-bond donors (Lipinski definition) is 5. The standard InChI is InChI=1S/C16H23NO6/c17-10(6-9-4-2-1-3-5-9)11(19)7-12-14(20)16(22)15(21)13(8-18)23-12/h1-5,10,12-16,18,20-22H,6-8,17H2/t10-,12-,13+,14-,15+,16+/m0/s1.